The van der Waals surface area contributed by atoms with Crippen molar-refractivity contribution in [3.05, 3.63) is 29.8 Å². The van der Waals surface area contributed by atoms with E-state index in [2.05, 4.69) is 21.0 Å². The first kappa shape index (κ1) is 12.2. The van der Waals surface area contributed by atoms with Gasteiger partial charge >= 0.3 is 12.1 Å². The number of hydrogen-bond acceptors (Lipinski definition) is 5. The normalized spacial score (nSPS) is 11.5. The molecule has 0 aromatic carbocycles. The summed E-state index contributed by atoms with van der Waals surface area (Å²) in [6.07, 6.45) is 2.05. The second-order valence-electron chi connectivity index (χ2n) is 2.72. The standard InChI is InChI=1S/C9H10N2O4S/c1-2-5-15-9(14)11-7(8(12)13)6-3-4-10-16-6/h2-4,7H,1,5H2,(H,11,14)(H,12,13). The molecule has 2 N–H and O–H groups in total. The van der Waals surface area contributed by atoms with Gasteiger partial charge in [0, 0.05) is 6.20 Å². The van der Waals surface area contributed by atoms with Gasteiger partial charge in [-0.2, -0.15) is 0 Å². The first-order valence-electron chi connectivity index (χ1n) is 4.32. The maximum Gasteiger partial charge on any atom is 0.408 e. The van der Waals surface area contributed by atoms with Gasteiger partial charge in [-0.1, -0.05) is 12.7 Å². The molecule has 7 heteroatoms. The van der Waals surface area contributed by atoms with Crippen molar-refractivity contribution in [2.24, 2.45) is 0 Å². The van der Waals surface area contributed by atoms with Gasteiger partial charge in [-0.3, -0.25) is 0 Å². The van der Waals surface area contributed by atoms with Gasteiger partial charge in [0.15, 0.2) is 6.04 Å². The van der Waals surface area contributed by atoms with Crippen LogP contribution in [0.1, 0.15) is 10.9 Å². The SMILES string of the molecule is C=CCOC(=O)NC(C(=O)O)c1ccns1. The molecule has 0 saturated heterocycles. The number of aliphatic carboxylic acids is 1. The number of nitrogens with zero attached hydrogens (tertiary/aromatic N) is 1. The number of carbonyl (C=O) groups is 2. The van der Waals surface area contributed by atoms with Gasteiger partial charge in [0.1, 0.15) is 6.61 Å². The molecule has 1 aromatic rings. The van der Waals surface area contributed by atoms with Crippen LogP contribution < -0.4 is 5.32 Å². The summed E-state index contributed by atoms with van der Waals surface area (Å²) in [4.78, 5) is 22.5. The second kappa shape index (κ2) is 5.86. The number of amides is 1. The fraction of sp³-hybridized carbons (Fsp3) is 0.222. The molecule has 1 heterocycles. The summed E-state index contributed by atoms with van der Waals surface area (Å²) in [5, 5.41) is 11.1. The van der Waals surface area contributed by atoms with E-state index in [1.807, 2.05) is 0 Å². The van der Waals surface area contributed by atoms with Crippen LogP contribution >= 0.6 is 11.5 Å². The molecule has 0 saturated carbocycles. The molecule has 0 aliphatic rings. The lowest BCUT2D eigenvalue weighted by molar-refractivity contribution is -0.139. The lowest BCUT2D eigenvalue weighted by Crippen LogP contribution is -2.33. The minimum absolute atomic E-state index is 0.0286. The average molecular weight is 242 g/mol. The van der Waals surface area contributed by atoms with Crippen molar-refractivity contribution < 1.29 is 19.4 Å². The van der Waals surface area contributed by atoms with Gasteiger partial charge in [0.05, 0.1) is 4.88 Å². The Labute approximate surface area is 95.7 Å². The van der Waals surface area contributed by atoms with Gasteiger partial charge < -0.3 is 15.2 Å². The highest BCUT2D eigenvalue weighted by molar-refractivity contribution is 7.05. The van der Waals surface area contributed by atoms with Crippen LogP contribution in [-0.4, -0.2) is 28.1 Å². The molecule has 16 heavy (non-hydrogen) atoms. The number of carbonyl (C=O) groups excluding carboxylic acids is 1. The van der Waals surface area contributed by atoms with Crippen molar-refractivity contribution in [1.29, 1.82) is 0 Å². The van der Waals surface area contributed by atoms with E-state index in [4.69, 9.17) is 5.11 Å². The highest BCUT2D eigenvalue weighted by atomic mass is 32.1. The van der Waals surface area contributed by atoms with Crippen molar-refractivity contribution in [3.63, 3.8) is 0 Å². The van der Waals surface area contributed by atoms with E-state index in [1.165, 1.54) is 18.3 Å². The minimum atomic E-state index is -1.17. The van der Waals surface area contributed by atoms with Crippen LogP contribution in [0.2, 0.25) is 0 Å². The van der Waals surface area contributed by atoms with E-state index in [0.29, 0.717) is 4.88 Å². The van der Waals surface area contributed by atoms with Crippen molar-refractivity contribution in [1.82, 2.24) is 9.69 Å². The summed E-state index contributed by atoms with van der Waals surface area (Å²) >= 11 is 1.00. The van der Waals surface area contributed by atoms with Crippen molar-refractivity contribution in [3.8, 4) is 0 Å². The summed E-state index contributed by atoms with van der Waals surface area (Å²) in [6.45, 7) is 3.40. The Hall–Kier alpha value is -1.89. The van der Waals surface area contributed by atoms with Crippen LogP contribution in [-0.2, 0) is 9.53 Å². The number of carboxylic acids is 1. The third kappa shape index (κ3) is 3.35. The van der Waals surface area contributed by atoms with E-state index in [1.54, 1.807) is 0 Å². The van der Waals surface area contributed by atoms with Crippen LogP contribution in [0.15, 0.2) is 24.9 Å². The fourth-order valence-corrected chi connectivity index (χ4v) is 1.55. The molecule has 0 bridgehead atoms. The summed E-state index contributed by atoms with van der Waals surface area (Å²) < 4.78 is 8.39. The number of nitrogens with one attached hydrogen (secondary N) is 1. The lowest BCUT2D eigenvalue weighted by Gasteiger charge is -2.11. The zero-order valence-corrected chi connectivity index (χ0v) is 9.07. The number of alkyl carbamates (subject to hydrolysis) is 1. The largest absolute Gasteiger partial charge is 0.479 e. The van der Waals surface area contributed by atoms with Gasteiger partial charge in [-0.15, -0.1) is 0 Å². The maximum absolute atomic E-state index is 11.2. The van der Waals surface area contributed by atoms with Gasteiger partial charge in [-0.05, 0) is 17.6 Å². The van der Waals surface area contributed by atoms with Crippen molar-refractivity contribution >= 4 is 23.6 Å². The Morgan fingerprint density at radius 1 is 1.75 bits per heavy atom. The Morgan fingerprint density at radius 2 is 2.50 bits per heavy atom. The van der Waals surface area contributed by atoms with E-state index in [-0.39, 0.29) is 6.61 Å². The Bertz CT molecular complexity index is 377. The summed E-state index contributed by atoms with van der Waals surface area (Å²) in [5.41, 5.74) is 0. The average Bonchev–Trinajstić information content (AvgIpc) is 2.75. The third-order valence-electron chi connectivity index (χ3n) is 1.58. The molecular weight excluding hydrogens is 232 g/mol. The number of carboxylic acid groups (broad SMARTS) is 1. The number of rotatable bonds is 5. The van der Waals surface area contributed by atoms with Crippen LogP contribution in [0, 0.1) is 0 Å². The van der Waals surface area contributed by atoms with E-state index in [9.17, 15) is 9.59 Å². The Kier molecular flexibility index (Phi) is 4.46. The predicted molar refractivity (Wildman–Crippen MR) is 57.2 cm³/mol. The molecule has 1 amide bonds. The van der Waals surface area contributed by atoms with Crippen LogP contribution in [0.5, 0.6) is 0 Å². The minimum Gasteiger partial charge on any atom is -0.479 e. The van der Waals surface area contributed by atoms with E-state index in [0.717, 1.165) is 11.5 Å². The molecule has 0 fully saturated rings. The predicted octanol–water partition coefficient (Wildman–Crippen LogP) is 1.18. The van der Waals surface area contributed by atoms with Gasteiger partial charge in [0.25, 0.3) is 0 Å². The Balaban J connectivity index is 2.63. The molecule has 1 atom stereocenters. The second-order valence-corrected chi connectivity index (χ2v) is 3.58. The van der Waals surface area contributed by atoms with Crippen LogP contribution in [0.25, 0.3) is 0 Å². The quantitative estimate of drug-likeness (QED) is 0.757. The van der Waals surface area contributed by atoms with Gasteiger partial charge in [-0.25, -0.2) is 14.0 Å². The summed E-state index contributed by atoms with van der Waals surface area (Å²) in [5.74, 6) is -1.17. The molecule has 6 nitrogen and oxygen atoms in total. The molecule has 0 aliphatic heterocycles. The summed E-state index contributed by atoms with van der Waals surface area (Å²) in [7, 11) is 0. The molecular formula is C9H10N2O4S. The zero-order valence-electron chi connectivity index (χ0n) is 8.25. The van der Waals surface area contributed by atoms with E-state index < -0.39 is 18.1 Å². The molecule has 0 spiro atoms. The maximum atomic E-state index is 11.2. The monoisotopic (exact) mass is 242 g/mol. The molecule has 1 aromatic heterocycles. The van der Waals surface area contributed by atoms with E-state index >= 15 is 0 Å². The zero-order chi connectivity index (χ0) is 12.0. The Morgan fingerprint density at radius 3 is 3.00 bits per heavy atom. The highest BCUT2D eigenvalue weighted by Gasteiger charge is 2.23. The number of hydrogen-bond donors (Lipinski definition) is 2. The lowest BCUT2D eigenvalue weighted by atomic mass is 10.2. The van der Waals surface area contributed by atoms with Crippen LogP contribution in [0.3, 0.4) is 0 Å². The molecule has 0 aliphatic carbocycles. The smallest absolute Gasteiger partial charge is 0.408 e. The topological polar surface area (TPSA) is 88.5 Å². The van der Waals surface area contributed by atoms with Crippen LogP contribution in [0.4, 0.5) is 4.79 Å². The van der Waals surface area contributed by atoms with Crippen molar-refractivity contribution in [2.75, 3.05) is 6.61 Å². The first-order valence-corrected chi connectivity index (χ1v) is 5.10. The van der Waals surface area contributed by atoms with Crippen molar-refractivity contribution in [2.45, 2.75) is 6.04 Å². The fourth-order valence-electron chi connectivity index (χ4n) is 0.923. The number of ether oxygens (including phenoxy) is 1. The molecule has 1 rings (SSSR count). The first-order chi connectivity index (χ1) is 7.65. The molecule has 86 valence electrons. The molecule has 0 radical (unpaired) electrons. The van der Waals surface area contributed by atoms with Gasteiger partial charge in [0.2, 0.25) is 0 Å². The number of aromatic nitrogens is 1. The highest BCUT2D eigenvalue weighted by Crippen LogP contribution is 2.16. The molecule has 1 unspecified atom stereocenters. The third-order valence-corrected chi connectivity index (χ3v) is 2.39. The summed E-state index contributed by atoms with van der Waals surface area (Å²) in [6, 6.07) is 0.391.